The van der Waals surface area contributed by atoms with Gasteiger partial charge in [-0.2, -0.15) is 0 Å². The highest BCUT2D eigenvalue weighted by Crippen LogP contribution is 2.21. The zero-order valence-electron chi connectivity index (χ0n) is 20.5. The van der Waals surface area contributed by atoms with Crippen LogP contribution in [0.25, 0.3) is 10.9 Å². The molecule has 1 heterocycles. The molecule has 4 rings (SSSR count). The van der Waals surface area contributed by atoms with Gasteiger partial charge in [0, 0.05) is 24.7 Å². The van der Waals surface area contributed by atoms with Gasteiger partial charge in [0.1, 0.15) is 5.75 Å². The molecule has 2 aromatic carbocycles. The van der Waals surface area contributed by atoms with Crippen molar-refractivity contribution in [2.24, 2.45) is 0 Å². The van der Waals surface area contributed by atoms with Crippen LogP contribution in [0, 0.1) is 0 Å². The van der Waals surface area contributed by atoms with Crippen molar-refractivity contribution < 1.29 is 14.3 Å². The average Bonchev–Trinajstić information content (AvgIpc) is 2.89. The molecule has 1 aliphatic carbocycles. The Hall–Kier alpha value is -3.33. The van der Waals surface area contributed by atoms with E-state index in [1.165, 1.54) is 22.7 Å². The monoisotopic (exact) mass is 508 g/mol. The van der Waals surface area contributed by atoms with Crippen molar-refractivity contribution in [1.29, 1.82) is 0 Å². The Bertz CT molecular complexity index is 1250. The van der Waals surface area contributed by atoms with Crippen LogP contribution < -0.4 is 20.9 Å². The Kier molecular flexibility index (Phi) is 9.00. The van der Waals surface area contributed by atoms with E-state index in [2.05, 4.69) is 15.6 Å². The lowest BCUT2D eigenvalue weighted by molar-refractivity contribution is -0.122. The van der Waals surface area contributed by atoms with E-state index < -0.39 is 0 Å². The average molecular weight is 509 g/mol. The highest BCUT2D eigenvalue weighted by molar-refractivity contribution is 7.99. The van der Waals surface area contributed by atoms with Crippen LogP contribution in [0.5, 0.6) is 5.75 Å². The minimum atomic E-state index is -0.215. The zero-order chi connectivity index (χ0) is 25.3. The fourth-order valence-electron chi connectivity index (χ4n) is 4.34. The standard InChI is InChI=1S/C27H32N4O4S/c1-2-35-21-14-12-20(13-15-21)29-25(33)18-36-27-30-23-11-7-6-10-22(23)26(34)31(27)17-16-24(32)28-19-8-4-3-5-9-19/h6-7,10-15,19H,2-5,8-9,16-18H2,1H3,(H,28,32)(H,29,33). The highest BCUT2D eigenvalue weighted by Gasteiger charge is 2.18. The number of nitrogens with zero attached hydrogens (tertiary/aromatic N) is 2. The molecular formula is C27H32N4O4S. The van der Waals surface area contributed by atoms with Crippen LogP contribution in [0.2, 0.25) is 0 Å². The second kappa shape index (κ2) is 12.6. The number of thioether (sulfide) groups is 1. The predicted molar refractivity (Wildman–Crippen MR) is 143 cm³/mol. The molecule has 3 aromatic rings. The number of ether oxygens (including phenoxy) is 1. The third-order valence-electron chi connectivity index (χ3n) is 6.14. The molecule has 1 fully saturated rings. The zero-order valence-corrected chi connectivity index (χ0v) is 21.3. The van der Waals surface area contributed by atoms with Crippen molar-refractivity contribution in [3.8, 4) is 5.75 Å². The normalized spacial score (nSPS) is 13.9. The highest BCUT2D eigenvalue weighted by atomic mass is 32.2. The van der Waals surface area contributed by atoms with Gasteiger partial charge < -0.3 is 15.4 Å². The van der Waals surface area contributed by atoms with Crippen molar-refractivity contribution in [3.05, 3.63) is 58.9 Å². The lowest BCUT2D eigenvalue weighted by atomic mass is 9.95. The number of aromatic nitrogens is 2. The van der Waals surface area contributed by atoms with Gasteiger partial charge in [0.15, 0.2) is 5.16 Å². The van der Waals surface area contributed by atoms with Crippen molar-refractivity contribution in [3.63, 3.8) is 0 Å². The van der Waals surface area contributed by atoms with Crippen LogP contribution in [0.1, 0.15) is 45.4 Å². The number of carbonyl (C=O) groups is 2. The molecule has 0 spiro atoms. The summed E-state index contributed by atoms with van der Waals surface area (Å²) >= 11 is 1.19. The molecular weight excluding hydrogens is 476 g/mol. The number of amides is 2. The van der Waals surface area contributed by atoms with Crippen molar-refractivity contribution >= 4 is 40.2 Å². The summed E-state index contributed by atoms with van der Waals surface area (Å²) < 4.78 is 6.94. The van der Waals surface area contributed by atoms with Gasteiger partial charge in [0.2, 0.25) is 11.8 Å². The second-order valence-corrected chi connectivity index (χ2v) is 9.76. The van der Waals surface area contributed by atoms with Gasteiger partial charge in [-0.25, -0.2) is 4.98 Å². The minimum absolute atomic E-state index is 0.0637. The summed E-state index contributed by atoms with van der Waals surface area (Å²) in [5.74, 6) is 0.535. The fourth-order valence-corrected chi connectivity index (χ4v) is 5.17. The molecule has 9 heteroatoms. The molecule has 0 saturated heterocycles. The Balaban J connectivity index is 1.43. The molecule has 190 valence electrons. The molecule has 8 nitrogen and oxygen atoms in total. The van der Waals surface area contributed by atoms with E-state index >= 15 is 0 Å². The summed E-state index contributed by atoms with van der Waals surface area (Å²) in [7, 11) is 0. The van der Waals surface area contributed by atoms with Crippen LogP contribution in [-0.2, 0) is 16.1 Å². The molecule has 0 radical (unpaired) electrons. The van der Waals surface area contributed by atoms with Gasteiger partial charge in [-0.3, -0.25) is 19.0 Å². The molecule has 1 aromatic heterocycles. The van der Waals surface area contributed by atoms with E-state index in [-0.39, 0.29) is 42.1 Å². The third-order valence-corrected chi connectivity index (χ3v) is 7.12. The van der Waals surface area contributed by atoms with Gasteiger partial charge in [-0.15, -0.1) is 0 Å². The first-order chi connectivity index (χ1) is 17.5. The van der Waals surface area contributed by atoms with Crippen molar-refractivity contribution in [2.45, 2.75) is 63.2 Å². The number of para-hydroxylation sites is 1. The van der Waals surface area contributed by atoms with Crippen LogP contribution in [0.4, 0.5) is 5.69 Å². The van der Waals surface area contributed by atoms with E-state index in [4.69, 9.17) is 4.74 Å². The van der Waals surface area contributed by atoms with E-state index in [1.807, 2.05) is 13.0 Å². The van der Waals surface area contributed by atoms with Gasteiger partial charge in [-0.05, 0) is 56.2 Å². The van der Waals surface area contributed by atoms with Gasteiger partial charge in [0.25, 0.3) is 5.56 Å². The Labute approximate surface area is 214 Å². The molecule has 0 bridgehead atoms. The number of hydrogen-bond donors (Lipinski definition) is 2. The first-order valence-corrected chi connectivity index (χ1v) is 13.5. The van der Waals surface area contributed by atoms with Crippen molar-refractivity contribution in [2.75, 3.05) is 17.7 Å². The number of benzene rings is 2. The van der Waals surface area contributed by atoms with E-state index in [1.54, 1.807) is 42.5 Å². The summed E-state index contributed by atoms with van der Waals surface area (Å²) in [6.07, 6.45) is 5.69. The van der Waals surface area contributed by atoms with Gasteiger partial charge in [0.05, 0.1) is 23.3 Å². The Morgan fingerprint density at radius 2 is 1.81 bits per heavy atom. The van der Waals surface area contributed by atoms with E-state index in [9.17, 15) is 14.4 Å². The van der Waals surface area contributed by atoms with Crippen LogP contribution >= 0.6 is 11.8 Å². The number of rotatable bonds is 10. The summed E-state index contributed by atoms with van der Waals surface area (Å²) in [5.41, 5.74) is 1.02. The molecule has 2 N–H and O–H groups in total. The number of fused-ring (bicyclic) bond motifs is 1. The van der Waals surface area contributed by atoms with Gasteiger partial charge >= 0.3 is 0 Å². The maximum atomic E-state index is 13.2. The van der Waals surface area contributed by atoms with Gasteiger partial charge in [-0.1, -0.05) is 43.2 Å². The SMILES string of the molecule is CCOc1ccc(NC(=O)CSc2nc3ccccc3c(=O)n2CCC(=O)NC2CCCCC2)cc1. The summed E-state index contributed by atoms with van der Waals surface area (Å²) in [4.78, 5) is 43.1. The first kappa shape index (κ1) is 25.8. The summed E-state index contributed by atoms with van der Waals surface area (Å²) in [6.45, 7) is 2.69. The largest absolute Gasteiger partial charge is 0.494 e. The molecule has 2 amide bonds. The minimum Gasteiger partial charge on any atom is -0.494 e. The lowest BCUT2D eigenvalue weighted by Gasteiger charge is -2.23. The molecule has 36 heavy (non-hydrogen) atoms. The van der Waals surface area contributed by atoms with E-state index in [0.717, 1.165) is 31.4 Å². The molecule has 0 aliphatic heterocycles. The number of carbonyl (C=O) groups excluding carboxylic acids is 2. The maximum Gasteiger partial charge on any atom is 0.262 e. The Morgan fingerprint density at radius 3 is 2.56 bits per heavy atom. The number of hydrogen-bond acceptors (Lipinski definition) is 6. The smallest absolute Gasteiger partial charge is 0.262 e. The van der Waals surface area contributed by atoms with Crippen LogP contribution in [-0.4, -0.2) is 39.8 Å². The maximum absolute atomic E-state index is 13.2. The molecule has 1 saturated carbocycles. The fraction of sp³-hybridized carbons (Fsp3) is 0.407. The van der Waals surface area contributed by atoms with Crippen molar-refractivity contribution in [1.82, 2.24) is 14.9 Å². The Morgan fingerprint density at radius 1 is 1.06 bits per heavy atom. The van der Waals surface area contributed by atoms with Crippen LogP contribution in [0.3, 0.4) is 0 Å². The molecule has 0 unspecified atom stereocenters. The number of nitrogens with one attached hydrogen (secondary N) is 2. The molecule has 1 aliphatic rings. The molecule has 0 atom stereocenters. The third kappa shape index (κ3) is 6.87. The summed E-state index contributed by atoms with van der Waals surface area (Å²) in [5, 5.41) is 6.87. The summed E-state index contributed by atoms with van der Waals surface area (Å²) in [6, 6.07) is 14.5. The predicted octanol–water partition coefficient (Wildman–Crippen LogP) is 4.37. The lowest BCUT2D eigenvalue weighted by Crippen LogP contribution is -2.37. The second-order valence-electron chi connectivity index (χ2n) is 8.82. The number of anilines is 1. The topological polar surface area (TPSA) is 102 Å². The van der Waals surface area contributed by atoms with Crippen LogP contribution in [0.15, 0.2) is 58.5 Å². The quantitative estimate of drug-likeness (QED) is 0.312. The first-order valence-electron chi connectivity index (χ1n) is 12.5. The van der Waals surface area contributed by atoms with E-state index in [0.29, 0.717) is 28.4 Å².